The second-order valence-electron chi connectivity index (χ2n) is 5.42. The fourth-order valence-corrected chi connectivity index (χ4v) is 2.53. The Morgan fingerprint density at radius 3 is 2.86 bits per heavy atom. The number of imidazole rings is 1. The van der Waals surface area contributed by atoms with Crippen molar-refractivity contribution in [3.05, 3.63) is 42.7 Å². The molecule has 0 aromatic carbocycles. The first kappa shape index (κ1) is 13.8. The largest absolute Gasteiger partial charge is 0.348 e. The molecule has 0 saturated carbocycles. The molecule has 1 fully saturated rings. The quantitative estimate of drug-likeness (QED) is 0.917. The van der Waals surface area contributed by atoms with E-state index in [0.29, 0.717) is 5.69 Å². The number of hydrogen-bond donors (Lipinski definition) is 1. The molecule has 0 atom stereocenters. The Morgan fingerprint density at radius 1 is 1.33 bits per heavy atom. The molecule has 3 rings (SSSR count). The minimum absolute atomic E-state index is 0.105. The van der Waals surface area contributed by atoms with Gasteiger partial charge in [0, 0.05) is 24.6 Å². The lowest BCUT2D eigenvalue weighted by Crippen LogP contribution is -2.43. The zero-order valence-corrected chi connectivity index (χ0v) is 12.1. The number of pyridine rings is 1. The molecule has 0 radical (unpaired) electrons. The van der Waals surface area contributed by atoms with Gasteiger partial charge in [0.15, 0.2) is 0 Å². The molecule has 1 saturated heterocycles. The summed E-state index contributed by atoms with van der Waals surface area (Å²) in [6.07, 6.45) is 8.88. The van der Waals surface area contributed by atoms with Crippen molar-refractivity contribution in [2.75, 3.05) is 20.1 Å². The summed E-state index contributed by atoms with van der Waals surface area (Å²) in [4.78, 5) is 22.8. The highest BCUT2D eigenvalue weighted by Gasteiger charge is 2.19. The highest BCUT2D eigenvalue weighted by molar-refractivity contribution is 5.92. The van der Waals surface area contributed by atoms with E-state index in [1.807, 2.05) is 16.8 Å². The Kier molecular flexibility index (Phi) is 3.96. The Labute approximate surface area is 123 Å². The van der Waals surface area contributed by atoms with Crippen LogP contribution >= 0.6 is 0 Å². The Bertz CT molecular complexity index is 602. The number of likely N-dealkylation sites (tertiary alicyclic amines) is 1. The smallest absolute Gasteiger partial charge is 0.270 e. The van der Waals surface area contributed by atoms with Gasteiger partial charge in [-0.25, -0.2) is 4.98 Å². The van der Waals surface area contributed by atoms with Crippen molar-refractivity contribution >= 4 is 5.91 Å². The third kappa shape index (κ3) is 3.28. The molecule has 6 nitrogen and oxygen atoms in total. The number of carbonyl (C=O) groups is 1. The standard InChI is InChI=1S/C15H19N5O/c1-19-7-3-12(4-8-19)18-15(21)14-10-13(2-5-17-14)20-9-6-16-11-20/h2,5-6,9-12H,3-4,7-8H2,1H3,(H,18,21). The van der Waals surface area contributed by atoms with Crippen LogP contribution in [0.25, 0.3) is 5.69 Å². The lowest BCUT2D eigenvalue weighted by molar-refractivity contribution is 0.0912. The van der Waals surface area contributed by atoms with Crippen LogP contribution in [-0.2, 0) is 0 Å². The summed E-state index contributed by atoms with van der Waals surface area (Å²) in [5.74, 6) is -0.105. The lowest BCUT2D eigenvalue weighted by Gasteiger charge is -2.29. The number of hydrogen-bond acceptors (Lipinski definition) is 4. The maximum atomic E-state index is 12.3. The third-order valence-electron chi connectivity index (χ3n) is 3.83. The average molecular weight is 285 g/mol. The summed E-state index contributed by atoms with van der Waals surface area (Å²) < 4.78 is 1.86. The van der Waals surface area contributed by atoms with E-state index in [1.165, 1.54) is 0 Å². The highest BCUT2D eigenvalue weighted by Crippen LogP contribution is 2.11. The number of nitrogens with zero attached hydrogens (tertiary/aromatic N) is 4. The van der Waals surface area contributed by atoms with E-state index in [1.54, 1.807) is 24.8 Å². The van der Waals surface area contributed by atoms with Crippen molar-refractivity contribution in [3.8, 4) is 5.69 Å². The molecule has 0 bridgehead atoms. The number of carbonyl (C=O) groups excluding carboxylic acids is 1. The third-order valence-corrected chi connectivity index (χ3v) is 3.83. The molecular weight excluding hydrogens is 266 g/mol. The van der Waals surface area contributed by atoms with E-state index in [9.17, 15) is 4.79 Å². The molecule has 1 aliphatic rings. The van der Waals surface area contributed by atoms with Crippen LogP contribution in [0.2, 0.25) is 0 Å². The number of aromatic nitrogens is 3. The molecular formula is C15H19N5O. The van der Waals surface area contributed by atoms with Gasteiger partial charge in [0.25, 0.3) is 5.91 Å². The Hall–Kier alpha value is -2.21. The van der Waals surface area contributed by atoms with Gasteiger partial charge < -0.3 is 14.8 Å². The average Bonchev–Trinajstić information content (AvgIpc) is 3.04. The number of amides is 1. The van der Waals surface area contributed by atoms with Gasteiger partial charge in [-0.1, -0.05) is 0 Å². The summed E-state index contributed by atoms with van der Waals surface area (Å²) in [6.45, 7) is 2.04. The highest BCUT2D eigenvalue weighted by atomic mass is 16.1. The molecule has 0 unspecified atom stereocenters. The van der Waals surface area contributed by atoms with E-state index in [2.05, 4.69) is 27.2 Å². The maximum Gasteiger partial charge on any atom is 0.270 e. The molecule has 21 heavy (non-hydrogen) atoms. The van der Waals surface area contributed by atoms with E-state index < -0.39 is 0 Å². The van der Waals surface area contributed by atoms with Crippen LogP contribution in [0.3, 0.4) is 0 Å². The summed E-state index contributed by atoms with van der Waals surface area (Å²) in [6, 6.07) is 3.88. The van der Waals surface area contributed by atoms with Gasteiger partial charge in [-0.05, 0) is 45.1 Å². The summed E-state index contributed by atoms with van der Waals surface area (Å²) >= 11 is 0. The van der Waals surface area contributed by atoms with Crippen LogP contribution < -0.4 is 5.32 Å². The van der Waals surface area contributed by atoms with Gasteiger partial charge in [0.2, 0.25) is 0 Å². The SMILES string of the molecule is CN1CCC(NC(=O)c2cc(-n3ccnc3)ccn2)CC1. The summed E-state index contributed by atoms with van der Waals surface area (Å²) in [7, 11) is 2.11. The maximum absolute atomic E-state index is 12.3. The molecule has 2 aromatic rings. The second kappa shape index (κ2) is 6.05. The minimum Gasteiger partial charge on any atom is -0.348 e. The van der Waals surface area contributed by atoms with Crippen molar-refractivity contribution in [1.29, 1.82) is 0 Å². The zero-order chi connectivity index (χ0) is 14.7. The second-order valence-corrected chi connectivity index (χ2v) is 5.42. The van der Waals surface area contributed by atoms with Crippen molar-refractivity contribution < 1.29 is 4.79 Å². The van der Waals surface area contributed by atoms with Gasteiger partial charge >= 0.3 is 0 Å². The van der Waals surface area contributed by atoms with Crippen molar-refractivity contribution in [1.82, 2.24) is 24.8 Å². The van der Waals surface area contributed by atoms with Crippen LogP contribution in [0.1, 0.15) is 23.3 Å². The number of rotatable bonds is 3. The van der Waals surface area contributed by atoms with Crippen LogP contribution in [0, 0.1) is 0 Å². The monoisotopic (exact) mass is 285 g/mol. The molecule has 1 amide bonds. The fraction of sp³-hybridized carbons (Fsp3) is 0.400. The zero-order valence-electron chi connectivity index (χ0n) is 12.1. The predicted octanol–water partition coefficient (Wildman–Crippen LogP) is 1.09. The van der Waals surface area contributed by atoms with E-state index >= 15 is 0 Å². The molecule has 0 spiro atoms. The number of piperidine rings is 1. The molecule has 2 aromatic heterocycles. The van der Waals surface area contributed by atoms with Crippen LogP contribution in [0.15, 0.2) is 37.1 Å². The first-order chi connectivity index (χ1) is 10.2. The van der Waals surface area contributed by atoms with Gasteiger partial charge in [-0.2, -0.15) is 0 Å². The predicted molar refractivity (Wildman–Crippen MR) is 79.3 cm³/mol. The van der Waals surface area contributed by atoms with E-state index in [-0.39, 0.29) is 11.9 Å². The van der Waals surface area contributed by atoms with Crippen LogP contribution in [0.4, 0.5) is 0 Å². The van der Waals surface area contributed by atoms with E-state index in [0.717, 1.165) is 31.6 Å². The molecule has 1 aliphatic heterocycles. The van der Waals surface area contributed by atoms with Crippen molar-refractivity contribution in [2.24, 2.45) is 0 Å². The summed E-state index contributed by atoms with van der Waals surface area (Å²) in [5, 5.41) is 3.08. The van der Waals surface area contributed by atoms with Gasteiger partial charge in [-0.3, -0.25) is 9.78 Å². The molecule has 0 aliphatic carbocycles. The molecule has 3 heterocycles. The lowest BCUT2D eigenvalue weighted by atomic mass is 10.1. The Balaban J connectivity index is 1.69. The van der Waals surface area contributed by atoms with Crippen molar-refractivity contribution in [3.63, 3.8) is 0 Å². The first-order valence-corrected chi connectivity index (χ1v) is 7.16. The van der Waals surface area contributed by atoms with Gasteiger partial charge in [0.1, 0.15) is 5.69 Å². The first-order valence-electron chi connectivity index (χ1n) is 7.16. The fourth-order valence-electron chi connectivity index (χ4n) is 2.53. The van der Waals surface area contributed by atoms with Gasteiger partial charge in [-0.15, -0.1) is 0 Å². The van der Waals surface area contributed by atoms with Crippen LogP contribution in [-0.4, -0.2) is 51.5 Å². The molecule has 1 N–H and O–H groups in total. The topological polar surface area (TPSA) is 63.1 Å². The minimum atomic E-state index is -0.105. The van der Waals surface area contributed by atoms with Gasteiger partial charge in [0.05, 0.1) is 12.0 Å². The summed E-state index contributed by atoms with van der Waals surface area (Å²) in [5.41, 5.74) is 1.33. The Morgan fingerprint density at radius 2 is 2.14 bits per heavy atom. The number of nitrogens with one attached hydrogen (secondary N) is 1. The van der Waals surface area contributed by atoms with Crippen molar-refractivity contribution in [2.45, 2.75) is 18.9 Å². The molecule has 110 valence electrons. The molecule has 6 heteroatoms. The van der Waals surface area contributed by atoms with Crippen LogP contribution in [0.5, 0.6) is 0 Å². The van der Waals surface area contributed by atoms with E-state index in [4.69, 9.17) is 0 Å². The normalized spacial score (nSPS) is 16.8.